The molecule has 2 rings (SSSR count). The van der Waals surface area contributed by atoms with Crippen LogP contribution in [0.15, 0.2) is 24.3 Å². The standard InChI is InChI=1S/C15H20N2O5S/c1-11(2)9-16(14-7-8-23(21,22)10-14)15(18)12-3-5-13(6-4-12)17(19)20/h3-6,11,14H,7-10H2,1-2H3/t14-/m1/s1. The number of nitro groups is 1. The average Bonchev–Trinajstić information content (AvgIpc) is 2.84. The number of hydrogen-bond donors (Lipinski definition) is 0. The lowest BCUT2D eigenvalue weighted by atomic mass is 10.1. The maximum absolute atomic E-state index is 12.7. The highest BCUT2D eigenvalue weighted by Crippen LogP contribution is 2.22. The van der Waals surface area contributed by atoms with Crippen molar-refractivity contribution >= 4 is 21.4 Å². The molecule has 1 heterocycles. The molecule has 1 aliphatic rings. The fraction of sp³-hybridized carbons (Fsp3) is 0.533. The van der Waals surface area contributed by atoms with E-state index in [-0.39, 0.29) is 35.1 Å². The fourth-order valence-corrected chi connectivity index (χ4v) is 4.43. The van der Waals surface area contributed by atoms with Crippen LogP contribution >= 0.6 is 0 Å². The number of amides is 1. The van der Waals surface area contributed by atoms with Crippen molar-refractivity contribution in [3.05, 3.63) is 39.9 Å². The Kier molecular flexibility index (Phi) is 5.03. The molecule has 1 aliphatic heterocycles. The maximum atomic E-state index is 12.7. The van der Waals surface area contributed by atoms with Gasteiger partial charge in [0.1, 0.15) is 0 Å². The summed E-state index contributed by atoms with van der Waals surface area (Å²) in [5.74, 6) is -0.00544. The quantitative estimate of drug-likeness (QED) is 0.602. The monoisotopic (exact) mass is 340 g/mol. The van der Waals surface area contributed by atoms with Crippen molar-refractivity contribution < 1.29 is 18.1 Å². The molecule has 0 aliphatic carbocycles. The molecule has 0 saturated carbocycles. The summed E-state index contributed by atoms with van der Waals surface area (Å²) in [6.07, 6.45) is 0.438. The van der Waals surface area contributed by atoms with Crippen molar-refractivity contribution in [2.75, 3.05) is 18.1 Å². The summed E-state index contributed by atoms with van der Waals surface area (Å²) < 4.78 is 23.4. The van der Waals surface area contributed by atoms with E-state index in [1.54, 1.807) is 4.90 Å². The molecule has 0 aromatic heterocycles. The number of sulfone groups is 1. The number of benzene rings is 1. The summed E-state index contributed by atoms with van der Waals surface area (Å²) >= 11 is 0. The summed E-state index contributed by atoms with van der Waals surface area (Å²) in [4.78, 5) is 24.5. The van der Waals surface area contributed by atoms with Crippen LogP contribution < -0.4 is 0 Å². The van der Waals surface area contributed by atoms with Crippen molar-refractivity contribution in [2.24, 2.45) is 5.92 Å². The lowest BCUT2D eigenvalue weighted by Gasteiger charge is -2.30. The number of carbonyl (C=O) groups is 1. The molecular weight excluding hydrogens is 320 g/mol. The zero-order chi connectivity index (χ0) is 17.2. The molecule has 0 radical (unpaired) electrons. The minimum absolute atomic E-state index is 0.0154. The Balaban J connectivity index is 2.24. The molecule has 1 atom stereocenters. The highest BCUT2D eigenvalue weighted by Gasteiger charge is 2.35. The van der Waals surface area contributed by atoms with E-state index in [1.807, 2.05) is 13.8 Å². The largest absolute Gasteiger partial charge is 0.334 e. The summed E-state index contributed by atoms with van der Waals surface area (Å²) in [5, 5.41) is 10.7. The van der Waals surface area contributed by atoms with Gasteiger partial charge < -0.3 is 4.90 Å². The first-order valence-corrected chi connectivity index (χ1v) is 9.27. The molecule has 1 fully saturated rings. The average molecular weight is 340 g/mol. The van der Waals surface area contributed by atoms with Gasteiger partial charge in [0, 0.05) is 30.3 Å². The van der Waals surface area contributed by atoms with Gasteiger partial charge in [-0.1, -0.05) is 13.8 Å². The molecule has 7 nitrogen and oxygen atoms in total. The molecule has 1 amide bonds. The van der Waals surface area contributed by atoms with Gasteiger partial charge in [-0.15, -0.1) is 0 Å². The maximum Gasteiger partial charge on any atom is 0.269 e. The topological polar surface area (TPSA) is 97.6 Å². The van der Waals surface area contributed by atoms with Crippen LogP contribution in [0.5, 0.6) is 0 Å². The molecule has 0 spiro atoms. The van der Waals surface area contributed by atoms with Gasteiger partial charge in [0.25, 0.3) is 11.6 Å². The van der Waals surface area contributed by atoms with Crippen molar-refractivity contribution in [3.63, 3.8) is 0 Å². The highest BCUT2D eigenvalue weighted by atomic mass is 32.2. The van der Waals surface area contributed by atoms with Crippen LogP contribution in [0, 0.1) is 16.0 Å². The molecule has 126 valence electrons. The van der Waals surface area contributed by atoms with E-state index in [4.69, 9.17) is 0 Å². The van der Waals surface area contributed by atoms with Crippen molar-refractivity contribution in [1.29, 1.82) is 0 Å². The number of nitrogens with zero attached hydrogens (tertiary/aromatic N) is 2. The molecule has 0 bridgehead atoms. The van der Waals surface area contributed by atoms with E-state index >= 15 is 0 Å². The molecule has 8 heteroatoms. The molecule has 0 N–H and O–H groups in total. The van der Waals surface area contributed by atoms with E-state index in [0.717, 1.165) is 0 Å². The molecule has 1 aromatic rings. The van der Waals surface area contributed by atoms with E-state index in [2.05, 4.69) is 0 Å². The number of carbonyl (C=O) groups excluding carboxylic acids is 1. The third-order valence-electron chi connectivity index (χ3n) is 3.80. The van der Waals surface area contributed by atoms with Gasteiger partial charge in [-0.2, -0.15) is 0 Å². The van der Waals surface area contributed by atoms with E-state index in [0.29, 0.717) is 18.5 Å². The van der Waals surface area contributed by atoms with Crippen LogP contribution in [-0.4, -0.2) is 48.2 Å². The second kappa shape index (κ2) is 6.66. The van der Waals surface area contributed by atoms with Gasteiger partial charge in [0.05, 0.1) is 16.4 Å². The van der Waals surface area contributed by atoms with Gasteiger partial charge >= 0.3 is 0 Å². The smallest absolute Gasteiger partial charge is 0.269 e. The van der Waals surface area contributed by atoms with E-state index in [1.165, 1.54) is 24.3 Å². The first kappa shape index (κ1) is 17.4. The van der Waals surface area contributed by atoms with Crippen LogP contribution in [0.3, 0.4) is 0 Å². The Morgan fingerprint density at radius 1 is 1.35 bits per heavy atom. The highest BCUT2D eigenvalue weighted by molar-refractivity contribution is 7.91. The summed E-state index contributed by atoms with van der Waals surface area (Å²) in [6, 6.07) is 5.07. The zero-order valence-electron chi connectivity index (χ0n) is 13.1. The second-order valence-corrected chi connectivity index (χ2v) is 8.44. The Morgan fingerprint density at radius 2 is 1.96 bits per heavy atom. The molecule has 1 aromatic carbocycles. The SMILES string of the molecule is CC(C)CN(C(=O)c1ccc([N+](=O)[O-])cc1)[C@@H]1CCS(=O)(=O)C1. The van der Waals surface area contributed by atoms with Crippen LogP contribution in [0.25, 0.3) is 0 Å². The molecule has 0 unspecified atom stereocenters. The predicted molar refractivity (Wildman–Crippen MR) is 86.0 cm³/mol. The first-order chi connectivity index (χ1) is 10.7. The number of nitro benzene ring substituents is 1. The Morgan fingerprint density at radius 3 is 2.39 bits per heavy atom. The van der Waals surface area contributed by atoms with Gasteiger partial charge in [0.15, 0.2) is 9.84 Å². The van der Waals surface area contributed by atoms with Gasteiger partial charge in [0.2, 0.25) is 0 Å². The van der Waals surface area contributed by atoms with Gasteiger partial charge in [-0.05, 0) is 24.5 Å². The minimum Gasteiger partial charge on any atom is -0.334 e. The normalized spacial score (nSPS) is 19.7. The van der Waals surface area contributed by atoms with Crippen LogP contribution in [0.2, 0.25) is 0 Å². The fourth-order valence-electron chi connectivity index (χ4n) is 2.70. The van der Waals surface area contributed by atoms with Gasteiger partial charge in [-0.25, -0.2) is 8.42 Å². The molecule has 1 saturated heterocycles. The second-order valence-electron chi connectivity index (χ2n) is 6.21. The third kappa shape index (κ3) is 4.28. The third-order valence-corrected chi connectivity index (χ3v) is 5.55. The van der Waals surface area contributed by atoms with Crippen molar-refractivity contribution in [3.8, 4) is 0 Å². The Bertz CT molecular complexity index is 697. The molecular formula is C15H20N2O5S. The van der Waals surface area contributed by atoms with Crippen LogP contribution in [0.1, 0.15) is 30.6 Å². The van der Waals surface area contributed by atoms with Gasteiger partial charge in [-0.3, -0.25) is 14.9 Å². The Hall–Kier alpha value is -1.96. The van der Waals surface area contributed by atoms with E-state index in [9.17, 15) is 23.3 Å². The molecule has 23 heavy (non-hydrogen) atoms. The minimum atomic E-state index is -3.09. The number of hydrogen-bond acceptors (Lipinski definition) is 5. The van der Waals surface area contributed by atoms with Crippen LogP contribution in [-0.2, 0) is 9.84 Å². The first-order valence-electron chi connectivity index (χ1n) is 7.45. The lowest BCUT2D eigenvalue weighted by molar-refractivity contribution is -0.384. The van der Waals surface area contributed by atoms with Crippen molar-refractivity contribution in [1.82, 2.24) is 4.90 Å². The summed E-state index contributed by atoms with van der Waals surface area (Å²) in [7, 11) is -3.09. The van der Waals surface area contributed by atoms with E-state index < -0.39 is 14.8 Å². The predicted octanol–water partition coefficient (Wildman–Crippen LogP) is 1.88. The Labute approximate surface area is 135 Å². The zero-order valence-corrected chi connectivity index (χ0v) is 14.0. The number of rotatable bonds is 5. The number of non-ortho nitro benzene ring substituents is 1. The van der Waals surface area contributed by atoms with Crippen LogP contribution in [0.4, 0.5) is 5.69 Å². The summed E-state index contributed by atoms with van der Waals surface area (Å²) in [6.45, 7) is 4.37. The summed E-state index contributed by atoms with van der Waals surface area (Å²) in [5.41, 5.74) is 0.251. The van der Waals surface area contributed by atoms with Crippen molar-refractivity contribution in [2.45, 2.75) is 26.3 Å². The lowest BCUT2D eigenvalue weighted by Crippen LogP contribution is -2.43.